The molecule has 0 aliphatic heterocycles. The zero-order chi connectivity index (χ0) is 23.3. The van der Waals surface area contributed by atoms with Crippen LogP contribution in [0.4, 0.5) is 0 Å². The van der Waals surface area contributed by atoms with E-state index < -0.39 is 11.2 Å². The number of hydrogen-bond donors (Lipinski definition) is 0. The summed E-state index contributed by atoms with van der Waals surface area (Å²) < 4.78 is 0. The third kappa shape index (κ3) is 3.48. The van der Waals surface area contributed by atoms with Gasteiger partial charge < -0.3 is 0 Å². The van der Waals surface area contributed by atoms with Crippen molar-refractivity contribution in [1.29, 1.82) is 0 Å². The predicted molar refractivity (Wildman–Crippen MR) is 129 cm³/mol. The summed E-state index contributed by atoms with van der Waals surface area (Å²) in [5.41, 5.74) is 2.72. The van der Waals surface area contributed by atoms with E-state index in [2.05, 4.69) is 12.1 Å². The first-order valence-corrected chi connectivity index (χ1v) is 11.6. The minimum absolute atomic E-state index is 0.0188. The van der Waals surface area contributed by atoms with E-state index in [1.807, 2.05) is 74.5 Å². The van der Waals surface area contributed by atoms with Crippen molar-refractivity contribution in [3.8, 4) is 0 Å². The summed E-state index contributed by atoms with van der Waals surface area (Å²) in [4.78, 5) is 39.1. The lowest BCUT2D eigenvalue weighted by Crippen LogP contribution is -2.41. The normalized spacial score (nSPS) is 19.0. The fourth-order valence-corrected chi connectivity index (χ4v) is 5.10. The van der Waals surface area contributed by atoms with Crippen molar-refractivity contribution >= 4 is 40.6 Å². The zero-order valence-corrected chi connectivity index (χ0v) is 19.2. The van der Waals surface area contributed by atoms with Gasteiger partial charge in [0.25, 0.3) is 0 Å². The van der Waals surface area contributed by atoms with Crippen molar-refractivity contribution in [3.05, 3.63) is 104 Å². The van der Waals surface area contributed by atoms with E-state index in [1.165, 1.54) is 0 Å². The second-order valence-corrected chi connectivity index (χ2v) is 9.40. The van der Waals surface area contributed by atoms with Gasteiger partial charge in [-0.3, -0.25) is 14.4 Å². The van der Waals surface area contributed by atoms with Gasteiger partial charge in [0.1, 0.15) is 5.78 Å². The maximum absolute atomic E-state index is 13.5. The maximum atomic E-state index is 13.5. The number of carbonyl (C=O) groups is 3. The molecular formula is C29H23ClO3. The number of ketones is 3. The first kappa shape index (κ1) is 21.5. The minimum Gasteiger partial charge on any atom is -0.299 e. The van der Waals surface area contributed by atoms with Crippen molar-refractivity contribution in [1.82, 2.24) is 0 Å². The molecule has 4 heteroatoms. The van der Waals surface area contributed by atoms with Crippen molar-refractivity contribution in [2.45, 2.75) is 31.6 Å². The molecule has 0 heterocycles. The fourth-order valence-electron chi connectivity index (χ4n) is 4.86. The van der Waals surface area contributed by atoms with Gasteiger partial charge in [-0.15, -0.1) is 11.6 Å². The van der Waals surface area contributed by atoms with E-state index in [4.69, 9.17) is 11.6 Å². The summed E-state index contributed by atoms with van der Waals surface area (Å²) >= 11 is 6.40. The van der Waals surface area contributed by atoms with Gasteiger partial charge in [-0.1, -0.05) is 86.7 Å². The molecule has 3 aromatic rings. The average Bonchev–Trinajstić information content (AvgIpc) is 2.84. The Balaban J connectivity index is 1.94. The van der Waals surface area contributed by atoms with Gasteiger partial charge >= 0.3 is 0 Å². The Morgan fingerprint density at radius 1 is 0.848 bits per heavy atom. The molecule has 0 saturated heterocycles. The monoisotopic (exact) mass is 454 g/mol. The molecule has 0 radical (unpaired) electrons. The number of alkyl halides is 1. The predicted octanol–water partition coefficient (Wildman–Crippen LogP) is 4.04. The maximum Gasteiger partial charge on any atom is 0.189 e. The van der Waals surface area contributed by atoms with Crippen LogP contribution in [-0.4, -0.2) is 22.7 Å². The molecule has 164 valence electrons. The Labute approximate surface area is 196 Å². The molecule has 0 spiro atoms. The van der Waals surface area contributed by atoms with E-state index >= 15 is 0 Å². The highest BCUT2D eigenvalue weighted by Gasteiger charge is 2.38. The Bertz CT molecular complexity index is 1530. The van der Waals surface area contributed by atoms with E-state index in [1.54, 1.807) is 0 Å². The molecule has 3 aromatic carbocycles. The molecule has 5 rings (SSSR count). The van der Waals surface area contributed by atoms with Crippen LogP contribution in [-0.2, 0) is 9.59 Å². The summed E-state index contributed by atoms with van der Waals surface area (Å²) in [6, 6.07) is 21.9. The van der Waals surface area contributed by atoms with Gasteiger partial charge in [-0.25, -0.2) is 0 Å². The molecule has 2 aliphatic carbocycles. The van der Waals surface area contributed by atoms with Crippen LogP contribution >= 0.6 is 11.6 Å². The molecule has 0 aromatic heterocycles. The first-order valence-electron chi connectivity index (χ1n) is 11.2. The van der Waals surface area contributed by atoms with Crippen LogP contribution in [0.2, 0.25) is 0 Å². The molecule has 0 fully saturated rings. The Morgan fingerprint density at radius 3 is 2.24 bits per heavy atom. The number of Topliss-reactive ketones (excluding diaryl/α,β-unsaturated/α-hetero) is 3. The summed E-state index contributed by atoms with van der Waals surface area (Å²) in [5, 5.41) is 2.33. The van der Waals surface area contributed by atoms with Crippen LogP contribution in [0.15, 0.2) is 66.7 Å². The lowest BCUT2D eigenvalue weighted by molar-refractivity contribution is -0.122. The third-order valence-electron chi connectivity index (χ3n) is 6.64. The standard InChI is InChI=1S/C29H23ClO3/c1-16(2)24(31)15-23-21-13-12-20-19-11-7-6-10-18(19)14-22(17-8-4-3-5-9-17)25(20)26(21)29(33)27(30)28(23)32/h3-14,16,22,27H,15H2,1-2H3. The van der Waals surface area contributed by atoms with Gasteiger partial charge in [0, 0.05) is 29.4 Å². The van der Waals surface area contributed by atoms with Crippen LogP contribution < -0.4 is 10.4 Å². The van der Waals surface area contributed by atoms with Crippen molar-refractivity contribution in [3.63, 3.8) is 0 Å². The van der Waals surface area contributed by atoms with Gasteiger partial charge in [0.2, 0.25) is 0 Å². The topological polar surface area (TPSA) is 51.2 Å². The summed E-state index contributed by atoms with van der Waals surface area (Å²) in [6.45, 7) is 3.62. The van der Waals surface area contributed by atoms with Crippen LogP contribution in [0.1, 0.15) is 47.7 Å². The molecule has 0 saturated carbocycles. The molecule has 0 N–H and O–H groups in total. The number of fused-ring (bicyclic) bond motifs is 4. The van der Waals surface area contributed by atoms with E-state index in [0.717, 1.165) is 26.8 Å². The smallest absolute Gasteiger partial charge is 0.189 e. The van der Waals surface area contributed by atoms with Crippen LogP contribution in [0.5, 0.6) is 0 Å². The highest BCUT2D eigenvalue weighted by Crippen LogP contribution is 2.34. The zero-order valence-electron chi connectivity index (χ0n) is 18.5. The number of rotatable bonds is 4. The van der Waals surface area contributed by atoms with Gasteiger partial charge in [0.05, 0.1) is 0 Å². The quantitative estimate of drug-likeness (QED) is 0.441. The van der Waals surface area contributed by atoms with Gasteiger partial charge in [0.15, 0.2) is 16.9 Å². The van der Waals surface area contributed by atoms with Crippen LogP contribution in [0.25, 0.3) is 11.6 Å². The van der Waals surface area contributed by atoms with Crippen LogP contribution in [0, 0.1) is 16.4 Å². The number of hydrogen-bond acceptors (Lipinski definition) is 3. The second kappa shape index (κ2) is 8.24. The highest BCUT2D eigenvalue weighted by atomic mass is 35.5. The Morgan fingerprint density at radius 2 is 1.52 bits per heavy atom. The van der Waals surface area contributed by atoms with Crippen LogP contribution in [0.3, 0.4) is 0 Å². The minimum atomic E-state index is -1.31. The number of benzene rings is 3. The lowest BCUT2D eigenvalue weighted by atomic mass is 9.77. The van der Waals surface area contributed by atoms with E-state index in [9.17, 15) is 14.4 Å². The molecular weight excluding hydrogens is 432 g/mol. The molecule has 2 atom stereocenters. The molecule has 33 heavy (non-hydrogen) atoms. The van der Waals surface area contributed by atoms with Gasteiger partial charge in [-0.2, -0.15) is 0 Å². The average molecular weight is 455 g/mol. The summed E-state index contributed by atoms with van der Waals surface area (Å²) in [6.07, 6.45) is 2.15. The van der Waals surface area contributed by atoms with Crippen molar-refractivity contribution in [2.24, 2.45) is 5.92 Å². The number of halogens is 1. The number of carbonyl (C=O) groups excluding carboxylic acids is 3. The SMILES string of the molecule is CC(C)C(=O)CC1=c2ccc3c(c2C(=O)C(Cl)C1=O)C(c1ccccc1)C=c1ccccc1=3. The van der Waals surface area contributed by atoms with E-state index in [0.29, 0.717) is 16.4 Å². The van der Waals surface area contributed by atoms with Gasteiger partial charge in [-0.05, 0) is 32.0 Å². The van der Waals surface area contributed by atoms with Crippen molar-refractivity contribution in [2.75, 3.05) is 0 Å². The fraction of sp³-hybridized carbons (Fsp3) is 0.207. The lowest BCUT2D eigenvalue weighted by Gasteiger charge is -2.26. The van der Waals surface area contributed by atoms with E-state index in [-0.39, 0.29) is 29.8 Å². The molecule has 0 amide bonds. The molecule has 2 aliphatic rings. The first-order chi connectivity index (χ1) is 15.9. The molecule has 2 unspecified atom stereocenters. The molecule has 3 nitrogen and oxygen atoms in total. The second-order valence-electron chi connectivity index (χ2n) is 8.96. The largest absolute Gasteiger partial charge is 0.299 e. The summed E-state index contributed by atoms with van der Waals surface area (Å²) in [7, 11) is 0. The van der Waals surface area contributed by atoms with Crippen molar-refractivity contribution < 1.29 is 14.4 Å². The highest BCUT2D eigenvalue weighted by molar-refractivity contribution is 6.52. The molecule has 0 bridgehead atoms. The third-order valence-corrected chi connectivity index (χ3v) is 7.03. The Kier molecular flexibility index (Phi) is 5.38. The summed E-state index contributed by atoms with van der Waals surface area (Å²) in [5.74, 6) is -1.27. The Hall–Kier alpha value is -3.30.